The van der Waals surface area contributed by atoms with Crippen molar-refractivity contribution in [1.29, 1.82) is 0 Å². The Labute approximate surface area is 442 Å². The number of benzene rings is 2. The molecule has 73 heavy (non-hydrogen) atoms. The van der Waals surface area contributed by atoms with Crippen LogP contribution in [0.1, 0.15) is 251 Å². The molecule has 2 aromatic rings. The summed E-state index contributed by atoms with van der Waals surface area (Å²) in [5, 5.41) is 62.4. The highest BCUT2D eigenvalue weighted by Gasteiger charge is 2.47. The molecule has 0 radical (unpaired) electrons. The predicted octanol–water partition coefficient (Wildman–Crippen LogP) is 13.9. The van der Waals surface area contributed by atoms with Gasteiger partial charge in [-0.05, 0) is 24.3 Å². The summed E-state index contributed by atoms with van der Waals surface area (Å²) in [6, 6.07) is 11.8. The molecule has 1 aliphatic rings. The normalized spacial score (nSPS) is 19.2. The summed E-state index contributed by atoms with van der Waals surface area (Å²) in [6.45, 7) is 3.49. The van der Waals surface area contributed by atoms with Gasteiger partial charge in [0.25, 0.3) is 0 Å². The molecule has 12 nitrogen and oxygen atoms in total. The average Bonchev–Trinajstić information content (AvgIpc) is 3.39. The zero-order valence-corrected chi connectivity index (χ0v) is 46.0. The summed E-state index contributed by atoms with van der Waals surface area (Å²) in [5.74, 6) is -0.280. The monoisotopic (exact) mass is 1030 g/mol. The van der Waals surface area contributed by atoms with Crippen molar-refractivity contribution >= 4 is 28.5 Å². The van der Waals surface area contributed by atoms with Gasteiger partial charge >= 0.3 is 6.09 Å². The number of hydrogen-bond acceptors (Lipinski definition) is 10. The number of carbonyl (C=O) groups is 2. The van der Waals surface area contributed by atoms with Gasteiger partial charge in [-0.1, -0.05) is 269 Å². The van der Waals surface area contributed by atoms with Gasteiger partial charge in [0.2, 0.25) is 5.91 Å². The first-order chi connectivity index (χ1) is 35.7. The lowest BCUT2D eigenvalue weighted by Crippen LogP contribution is -2.61. The molecule has 0 unspecified atom stereocenters. The van der Waals surface area contributed by atoms with E-state index in [-0.39, 0.29) is 18.9 Å². The molecule has 8 atom stereocenters. The van der Waals surface area contributed by atoms with E-state index >= 15 is 0 Å². The number of fused-ring (bicyclic) bond motifs is 1. The van der Waals surface area contributed by atoms with Gasteiger partial charge in [0.1, 0.15) is 24.4 Å². The van der Waals surface area contributed by atoms with Crippen LogP contribution < -0.4 is 10.6 Å². The van der Waals surface area contributed by atoms with Gasteiger partial charge in [0, 0.05) is 11.8 Å². The van der Waals surface area contributed by atoms with Crippen molar-refractivity contribution in [2.45, 2.75) is 300 Å². The lowest BCUT2D eigenvalue weighted by atomic mass is 9.98. The fraction of sp³-hybridized carbons (Fsp3) is 0.803. The standard InChI is InChI=1S/C61H106N2O10/c1-3-5-7-9-11-13-15-17-18-19-20-21-22-23-24-25-26-27-29-31-33-35-37-46-55(66)62-52(56(67)53(65)45-36-34-32-30-28-16-14-12-10-8-6-4-2)48-71-60-58(69)57(68)59(54(47-64)72-60)73-61(70)63-51-44-40-42-49-41-38-39-43-50(49)51/h38-44,52-54,56-60,64-65,67-69H,3-37,45-48H2,1-2H3,(H,62,66)(H,63,70)/t52-,53+,54+,56-,57+,58+,59-,60-/m0/s1. The van der Waals surface area contributed by atoms with Crippen LogP contribution >= 0.6 is 0 Å². The predicted molar refractivity (Wildman–Crippen MR) is 298 cm³/mol. The maximum absolute atomic E-state index is 13.3. The van der Waals surface area contributed by atoms with Gasteiger partial charge in [0.05, 0.1) is 31.0 Å². The zero-order valence-electron chi connectivity index (χ0n) is 46.0. The van der Waals surface area contributed by atoms with Crippen molar-refractivity contribution in [2.24, 2.45) is 0 Å². The van der Waals surface area contributed by atoms with Crippen molar-refractivity contribution in [1.82, 2.24) is 5.32 Å². The lowest BCUT2D eigenvalue weighted by Gasteiger charge is -2.41. The second kappa shape index (κ2) is 42.3. The van der Waals surface area contributed by atoms with E-state index in [2.05, 4.69) is 24.5 Å². The third kappa shape index (κ3) is 28.8. The molecule has 0 aromatic heterocycles. The lowest BCUT2D eigenvalue weighted by molar-refractivity contribution is -0.302. The molecule has 1 heterocycles. The van der Waals surface area contributed by atoms with Crippen molar-refractivity contribution in [3.8, 4) is 0 Å². The maximum atomic E-state index is 13.3. The van der Waals surface area contributed by atoms with Gasteiger partial charge in [-0.25, -0.2) is 4.79 Å². The van der Waals surface area contributed by atoms with Crippen LogP contribution in [0.5, 0.6) is 0 Å². The summed E-state index contributed by atoms with van der Waals surface area (Å²) in [6.07, 6.45) is 33.5. The Balaban J connectivity index is 1.37. The molecule has 7 N–H and O–H groups in total. The van der Waals surface area contributed by atoms with E-state index in [0.29, 0.717) is 18.5 Å². The highest BCUT2D eigenvalue weighted by atomic mass is 16.7. The third-order valence-corrected chi connectivity index (χ3v) is 15.0. The first kappa shape index (κ1) is 64.4. The Kier molecular flexibility index (Phi) is 37.3. The molecule has 0 saturated carbocycles. The first-order valence-electron chi connectivity index (χ1n) is 30.0. The molecule has 1 fully saturated rings. The minimum atomic E-state index is -1.72. The molecule has 3 rings (SSSR count). The second-order valence-corrected chi connectivity index (χ2v) is 21.5. The van der Waals surface area contributed by atoms with E-state index < -0.39 is 61.7 Å². The van der Waals surface area contributed by atoms with Gasteiger partial charge in [-0.2, -0.15) is 0 Å². The van der Waals surface area contributed by atoms with Crippen LogP contribution in [0.25, 0.3) is 10.8 Å². The Hall–Kier alpha value is -2.84. The van der Waals surface area contributed by atoms with Gasteiger partial charge in [-0.15, -0.1) is 0 Å². The minimum Gasteiger partial charge on any atom is -0.440 e. The molecule has 0 aliphatic carbocycles. The van der Waals surface area contributed by atoms with Crippen LogP contribution in [0.15, 0.2) is 42.5 Å². The molecular formula is C61H106N2O10. The Bertz CT molecular complexity index is 1640. The average molecular weight is 1030 g/mol. The van der Waals surface area contributed by atoms with Crippen LogP contribution in [-0.4, -0.2) is 99.7 Å². The van der Waals surface area contributed by atoms with E-state index in [0.717, 1.165) is 55.7 Å². The van der Waals surface area contributed by atoms with Crippen molar-refractivity contribution < 1.29 is 49.3 Å². The van der Waals surface area contributed by atoms with E-state index in [4.69, 9.17) is 14.2 Å². The van der Waals surface area contributed by atoms with Crippen LogP contribution in [0.4, 0.5) is 10.5 Å². The topological polar surface area (TPSA) is 187 Å². The Morgan fingerprint density at radius 3 is 1.49 bits per heavy atom. The number of anilines is 1. The van der Waals surface area contributed by atoms with E-state index in [9.17, 15) is 35.1 Å². The van der Waals surface area contributed by atoms with E-state index in [1.54, 1.807) is 12.1 Å². The second-order valence-electron chi connectivity index (χ2n) is 21.5. The highest BCUT2D eigenvalue weighted by molar-refractivity contribution is 6.00. The van der Waals surface area contributed by atoms with E-state index in [1.807, 2.05) is 30.3 Å². The van der Waals surface area contributed by atoms with Crippen LogP contribution in [0.2, 0.25) is 0 Å². The van der Waals surface area contributed by atoms with Crippen molar-refractivity contribution in [2.75, 3.05) is 18.5 Å². The van der Waals surface area contributed by atoms with Crippen LogP contribution in [0, 0.1) is 0 Å². The van der Waals surface area contributed by atoms with Gasteiger partial charge in [-0.3, -0.25) is 10.1 Å². The molecule has 420 valence electrons. The molecule has 2 amide bonds. The number of aliphatic hydroxyl groups excluding tert-OH is 5. The summed E-state index contributed by atoms with van der Waals surface area (Å²) < 4.78 is 17.3. The Morgan fingerprint density at radius 1 is 0.575 bits per heavy atom. The molecule has 12 heteroatoms. The fourth-order valence-corrected chi connectivity index (χ4v) is 10.3. The number of carbonyl (C=O) groups excluding carboxylic acids is 2. The quantitative estimate of drug-likeness (QED) is 0.0315. The maximum Gasteiger partial charge on any atom is 0.412 e. The van der Waals surface area contributed by atoms with Crippen molar-refractivity contribution in [3.05, 3.63) is 42.5 Å². The summed E-state index contributed by atoms with van der Waals surface area (Å²) in [4.78, 5) is 26.4. The van der Waals surface area contributed by atoms with Crippen molar-refractivity contribution in [3.63, 3.8) is 0 Å². The number of unbranched alkanes of at least 4 members (excludes halogenated alkanes) is 33. The SMILES string of the molecule is CCCCCCCCCCCCCCCCCCCCCCCCCC(=O)N[C@@H](CO[C@H]1O[C@H](CO)[C@H](OC(=O)Nc2cccc3ccccc23)[C@H](O)[C@H]1O)[C@H](O)[C@H](O)CCCCCCCCCCCCCC. The number of rotatable bonds is 46. The smallest absolute Gasteiger partial charge is 0.412 e. The van der Waals surface area contributed by atoms with E-state index in [1.165, 1.54) is 173 Å². The minimum absolute atomic E-state index is 0.255. The molecule has 1 saturated heterocycles. The van der Waals surface area contributed by atoms with Crippen LogP contribution in [0.3, 0.4) is 0 Å². The molecular weight excluding hydrogens is 921 g/mol. The third-order valence-electron chi connectivity index (χ3n) is 15.0. The van der Waals surface area contributed by atoms with Crippen LogP contribution in [-0.2, 0) is 19.0 Å². The number of ether oxygens (including phenoxy) is 3. The first-order valence-corrected chi connectivity index (χ1v) is 30.0. The van der Waals surface area contributed by atoms with Gasteiger partial charge in [0.15, 0.2) is 12.4 Å². The van der Waals surface area contributed by atoms with Gasteiger partial charge < -0.3 is 45.1 Å². The molecule has 1 aliphatic heterocycles. The zero-order chi connectivity index (χ0) is 52.6. The molecule has 2 aromatic carbocycles. The summed E-state index contributed by atoms with van der Waals surface area (Å²) >= 11 is 0. The number of nitrogens with one attached hydrogen (secondary N) is 2. The number of amides is 2. The number of aliphatic hydroxyl groups is 5. The highest BCUT2D eigenvalue weighted by Crippen LogP contribution is 2.28. The number of hydrogen-bond donors (Lipinski definition) is 7. The molecule has 0 bridgehead atoms. The summed E-state index contributed by atoms with van der Waals surface area (Å²) in [7, 11) is 0. The summed E-state index contributed by atoms with van der Waals surface area (Å²) in [5.41, 5.74) is 0.482. The molecule has 0 spiro atoms. The largest absolute Gasteiger partial charge is 0.440 e. The fourth-order valence-electron chi connectivity index (χ4n) is 10.3. The Morgan fingerprint density at radius 2 is 1.01 bits per heavy atom.